The van der Waals surface area contributed by atoms with Crippen molar-refractivity contribution in [2.24, 2.45) is 0 Å². The molecule has 0 atom stereocenters. The molecule has 0 saturated carbocycles. The molecule has 1 fully saturated rings. The van der Waals surface area contributed by atoms with Crippen molar-refractivity contribution in [3.05, 3.63) is 65.3 Å². The van der Waals surface area contributed by atoms with E-state index < -0.39 is 0 Å². The molecule has 3 aromatic rings. The Hall–Kier alpha value is -3.06. The molecule has 7 heteroatoms. The average molecular weight is 424 g/mol. The maximum absolute atomic E-state index is 14.0. The number of para-hydroxylation sites is 1. The maximum atomic E-state index is 14.0. The van der Waals surface area contributed by atoms with Gasteiger partial charge in [-0.05, 0) is 48.0 Å². The number of hydrogen-bond donors (Lipinski definition) is 0. The molecule has 2 aliphatic heterocycles. The number of fused-ring (bicyclic) bond motifs is 1. The van der Waals surface area contributed by atoms with Gasteiger partial charge in [0, 0.05) is 31.1 Å². The number of anilines is 1. The van der Waals surface area contributed by atoms with Crippen molar-refractivity contribution in [2.75, 3.05) is 44.3 Å². The molecule has 0 aliphatic carbocycles. The third-order valence-corrected chi connectivity index (χ3v) is 6.53. The smallest absolute Gasteiger partial charge is 0.264 e. The summed E-state index contributed by atoms with van der Waals surface area (Å²) in [6.07, 6.45) is 0. The van der Waals surface area contributed by atoms with E-state index in [1.807, 2.05) is 46.2 Å². The van der Waals surface area contributed by atoms with E-state index in [2.05, 4.69) is 0 Å². The number of hydrogen-bond acceptors (Lipinski definition) is 5. The molecule has 30 heavy (non-hydrogen) atoms. The molecule has 5 rings (SSSR count). The molecule has 5 nitrogen and oxygen atoms in total. The van der Waals surface area contributed by atoms with Gasteiger partial charge in [0.05, 0.1) is 10.6 Å². The summed E-state index contributed by atoms with van der Waals surface area (Å²) in [7, 11) is 0. The van der Waals surface area contributed by atoms with Gasteiger partial charge in [0.15, 0.2) is 11.5 Å². The SMILES string of the molecule is O=C(c1ccc(-c2ccc3c(c2)OCCO3)s1)N1CCN(c2ccccc2F)CC1. The molecule has 2 aromatic carbocycles. The van der Waals surface area contributed by atoms with Crippen LogP contribution < -0.4 is 14.4 Å². The zero-order valence-electron chi connectivity index (χ0n) is 16.3. The minimum absolute atomic E-state index is 0.0250. The van der Waals surface area contributed by atoms with Crippen molar-refractivity contribution in [1.82, 2.24) is 4.90 Å². The highest BCUT2D eigenvalue weighted by Crippen LogP contribution is 2.37. The number of nitrogens with zero attached hydrogens (tertiary/aromatic N) is 2. The molecule has 0 N–H and O–H groups in total. The van der Waals surface area contributed by atoms with Crippen LogP contribution in [-0.4, -0.2) is 50.2 Å². The van der Waals surface area contributed by atoms with Gasteiger partial charge in [0.1, 0.15) is 19.0 Å². The van der Waals surface area contributed by atoms with Crippen LogP contribution in [0.15, 0.2) is 54.6 Å². The van der Waals surface area contributed by atoms with E-state index in [1.165, 1.54) is 17.4 Å². The van der Waals surface area contributed by atoms with Crippen molar-refractivity contribution >= 4 is 22.9 Å². The first-order chi connectivity index (χ1) is 14.7. The van der Waals surface area contributed by atoms with Crippen LogP contribution in [0, 0.1) is 5.82 Å². The second kappa shape index (κ2) is 7.99. The van der Waals surface area contributed by atoms with Crippen LogP contribution >= 0.6 is 11.3 Å². The minimum Gasteiger partial charge on any atom is -0.486 e. The summed E-state index contributed by atoms with van der Waals surface area (Å²) in [6, 6.07) is 16.5. The maximum Gasteiger partial charge on any atom is 0.264 e. The predicted molar refractivity (Wildman–Crippen MR) is 115 cm³/mol. The summed E-state index contributed by atoms with van der Waals surface area (Å²) in [6.45, 7) is 3.49. The van der Waals surface area contributed by atoms with Crippen molar-refractivity contribution < 1.29 is 18.7 Å². The standard InChI is InChI=1S/C23H21FN2O3S/c24-17-3-1-2-4-18(17)25-9-11-26(12-10-25)23(27)22-8-7-21(30-22)16-5-6-19-20(15-16)29-14-13-28-19/h1-8,15H,9-14H2. The van der Waals surface area contributed by atoms with E-state index in [1.54, 1.807) is 12.1 Å². The number of amides is 1. The van der Waals surface area contributed by atoms with Gasteiger partial charge in [-0.15, -0.1) is 11.3 Å². The number of ether oxygens (including phenoxy) is 2. The van der Waals surface area contributed by atoms with Crippen molar-refractivity contribution in [1.29, 1.82) is 0 Å². The average Bonchev–Trinajstić information content (AvgIpc) is 3.29. The van der Waals surface area contributed by atoms with E-state index in [0.717, 1.165) is 21.9 Å². The Morgan fingerprint density at radius 2 is 1.67 bits per heavy atom. The lowest BCUT2D eigenvalue weighted by molar-refractivity contribution is 0.0751. The van der Waals surface area contributed by atoms with Gasteiger partial charge in [0.2, 0.25) is 0 Å². The molecule has 154 valence electrons. The predicted octanol–water partition coefficient (Wildman–Crippen LogP) is 4.29. The number of rotatable bonds is 3. The summed E-state index contributed by atoms with van der Waals surface area (Å²) < 4.78 is 25.3. The Morgan fingerprint density at radius 3 is 2.47 bits per heavy atom. The minimum atomic E-state index is -0.223. The van der Waals surface area contributed by atoms with E-state index in [0.29, 0.717) is 50.0 Å². The summed E-state index contributed by atoms with van der Waals surface area (Å²) in [5.41, 5.74) is 1.61. The Morgan fingerprint density at radius 1 is 0.900 bits per heavy atom. The Balaban J connectivity index is 1.27. The zero-order chi connectivity index (χ0) is 20.5. The van der Waals surface area contributed by atoms with Crippen molar-refractivity contribution in [3.8, 4) is 21.9 Å². The largest absolute Gasteiger partial charge is 0.486 e. The lowest BCUT2D eigenvalue weighted by atomic mass is 10.1. The Kier molecular flexibility index (Phi) is 5.04. The molecule has 0 unspecified atom stereocenters. The van der Waals surface area contributed by atoms with Gasteiger partial charge in [-0.3, -0.25) is 4.79 Å². The number of halogens is 1. The van der Waals surface area contributed by atoms with E-state index >= 15 is 0 Å². The van der Waals surface area contributed by atoms with Crippen LogP contribution in [0.4, 0.5) is 10.1 Å². The summed E-state index contributed by atoms with van der Waals surface area (Å²) >= 11 is 1.48. The third kappa shape index (κ3) is 3.61. The first kappa shape index (κ1) is 18.9. The quantitative estimate of drug-likeness (QED) is 0.629. The second-order valence-corrected chi connectivity index (χ2v) is 8.34. The molecule has 0 bridgehead atoms. The summed E-state index contributed by atoms with van der Waals surface area (Å²) in [4.78, 5) is 18.5. The van der Waals surface area contributed by atoms with Crippen LogP contribution in [0.25, 0.3) is 10.4 Å². The van der Waals surface area contributed by atoms with Crippen molar-refractivity contribution in [2.45, 2.75) is 0 Å². The number of carbonyl (C=O) groups is 1. The lowest BCUT2D eigenvalue weighted by Gasteiger charge is -2.36. The van der Waals surface area contributed by atoms with Gasteiger partial charge < -0.3 is 19.3 Å². The Labute approximate surface area is 178 Å². The van der Waals surface area contributed by atoms with Gasteiger partial charge in [0.25, 0.3) is 5.91 Å². The molecule has 3 heterocycles. The first-order valence-corrected chi connectivity index (χ1v) is 10.8. The van der Waals surface area contributed by atoms with E-state index in [-0.39, 0.29) is 11.7 Å². The highest BCUT2D eigenvalue weighted by atomic mass is 32.1. The fraction of sp³-hybridized carbons (Fsp3) is 0.261. The molecule has 1 aromatic heterocycles. The number of thiophene rings is 1. The number of carbonyl (C=O) groups excluding carboxylic acids is 1. The molecule has 0 radical (unpaired) electrons. The molecular formula is C23H21FN2O3S. The van der Waals surface area contributed by atoms with E-state index in [9.17, 15) is 9.18 Å². The molecule has 1 saturated heterocycles. The van der Waals surface area contributed by atoms with Gasteiger partial charge in [-0.25, -0.2) is 4.39 Å². The topological polar surface area (TPSA) is 42.0 Å². The lowest BCUT2D eigenvalue weighted by Crippen LogP contribution is -2.48. The van der Waals surface area contributed by atoms with Crippen LogP contribution in [0.3, 0.4) is 0 Å². The highest BCUT2D eigenvalue weighted by molar-refractivity contribution is 7.17. The number of benzene rings is 2. The summed E-state index contributed by atoms with van der Waals surface area (Å²) in [5.74, 6) is 1.30. The van der Waals surface area contributed by atoms with Crippen molar-refractivity contribution in [3.63, 3.8) is 0 Å². The first-order valence-electron chi connectivity index (χ1n) is 9.98. The van der Waals surface area contributed by atoms with Crippen LogP contribution in [-0.2, 0) is 0 Å². The number of piperazine rings is 1. The van der Waals surface area contributed by atoms with Crippen LogP contribution in [0.2, 0.25) is 0 Å². The van der Waals surface area contributed by atoms with Gasteiger partial charge >= 0.3 is 0 Å². The molecular weight excluding hydrogens is 403 g/mol. The third-order valence-electron chi connectivity index (χ3n) is 5.40. The monoisotopic (exact) mass is 424 g/mol. The molecule has 0 spiro atoms. The van der Waals surface area contributed by atoms with Gasteiger partial charge in [-0.1, -0.05) is 12.1 Å². The highest BCUT2D eigenvalue weighted by Gasteiger charge is 2.25. The van der Waals surface area contributed by atoms with Crippen LogP contribution in [0.1, 0.15) is 9.67 Å². The Bertz CT molecular complexity index is 1080. The summed E-state index contributed by atoms with van der Waals surface area (Å²) in [5, 5.41) is 0. The van der Waals surface area contributed by atoms with Gasteiger partial charge in [-0.2, -0.15) is 0 Å². The van der Waals surface area contributed by atoms with E-state index in [4.69, 9.17) is 9.47 Å². The van der Waals surface area contributed by atoms with Crippen LogP contribution in [0.5, 0.6) is 11.5 Å². The molecule has 2 aliphatic rings. The second-order valence-electron chi connectivity index (χ2n) is 7.25. The fourth-order valence-corrected chi connectivity index (χ4v) is 4.79. The molecule has 1 amide bonds. The normalized spacial score (nSPS) is 15.9. The zero-order valence-corrected chi connectivity index (χ0v) is 17.2. The fourth-order valence-electron chi connectivity index (χ4n) is 3.82.